The summed E-state index contributed by atoms with van der Waals surface area (Å²) in [6.07, 6.45) is 1.61. The van der Waals surface area contributed by atoms with Crippen molar-refractivity contribution in [1.82, 2.24) is 15.0 Å². The van der Waals surface area contributed by atoms with E-state index in [2.05, 4.69) is 10.3 Å². The van der Waals surface area contributed by atoms with Crippen molar-refractivity contribution in [1.29, 1.82) is 0 Å². The maximum Gasteiger partial charge on any atom is 0.267 e. The van der Waals surface area contributed by atoms with Crippen molar-refractivity contribution in [3.05, 3.63) is 77.5 Å². The van der Waals surface area contributed by atoms with Gasteiger partial charge in [-0.2, -0.15) is 0 Å². The molecule has 2 aromatic carbocycles. The van der Waals surface area contributed by atoms with Crippen LogP contribution in [-0.4, -0.2) is 26.8 Å². The molecule has 0 unspecified atom stereocenters. The number of fused-ring (bicyclic) bond motifs is 1. The fraction of sp³-hybridized carbons (Fsp3) is 0.0588. The highest BCUT2D eigenvalue weighted by molar-refractivity contribution is 6.34. The predicted molar refractivity (Wildman–Crippen MR) is 83.1 cm³/mol. The molecule has 6 nitrogen and oxygen atoms in total. The molecule has 1 aliphatic heterocycles. The molecule has 0 saturated carbocycles. The summed E-state index contributed by atoms with van der Waals surface area (Å²) in [7, 11) is 0. The number of imide groups is 1. The van der Waals surface area contributed by atoms with Crippen LogP contribution in [0.4, 0.5) is 5.82 Å². The number of aromatic nitrogens is 3. The van der Waals surface area contributed by atoms with E-state index < -0.39 is 0 Å². The van der Waals surface area contributed by atoms with Gasteiger partial charge in [0, 0.05) is 0 Å². The van der Waals surface area contributed by atoms with Crippen LogP contribution in [0.15, 0.2) is 60.8 Å². The molecule has 0 radical (unpaired) electrons. The number of amides is 2. The van der Waals surface area contributed by atoms with Crippen LogP contribution in [0, 0.1) is 0 Å². The molecular weight excluding hydrogens is 292 g/mol. The number of hydrogen-bond donors (Lipinski definition) is 0. The number of rotatable bonds is 3. The molecule has 3 aromatic rings. The van der Waals surface area contributed by atoms with Gasteiger partial charge in [0.2, 0.25) is 0 Å². The van der Waals surface area contributed by atoms with E-state index in [4.69, 9.17) is 0 Å². The Kier molecular flexibility index (Phi) is 3.01. The van der Waals surface area contributed by atoms with Crippen molar-refractivity contribution < 1.29 is 9.59 Å². The Hall–Kier alpha value is -3.28. The molecule has 2 heterocycles. The van der Waals surface area contributed by atoms with E-state index >= 15 is 0 Å². The molecule has 6 heteroatoms. The maximum absolute atomic E-state index is 12.4. The lowest BCUT2D eigenvalue weighted by atomic mass is 10.1. The second-order valence-corrected chi connectivity index (χ2v) is 5.25. The maximum atomic E-state index is 12.4. The SMILES string of the molecule is O=C1c2ccccc2C(=O)N1c1cn(Cc2ccccc2)nn1. The normalized spacial score (nSPS) is 13.5. The molecule has 0 spiro atoms. The monoisotopic (exact) mass is 304 g/mol. The van der Waals surface area contributed by atoms with E-state index in [0.29, 0.717) is 17.7 Å². The van der Waals surface area contributed by atoms with Gasteiger partial charge in [-0.15, -0.1) is 5.10 Å². The fourth-order valence-corrected chi connectivity index (χ4v) is 2.64. The van der Waals surface area contributed by atoms with Gasteiger partial charge in [0.1, 0.15) is 0 Å². The lowest BCUT2D eigenvalue weighted by Crippen LogP contribution is -2.29. The summed E-state index contributed by atoms with van der Waals surface area (Å²) < 4.78 is 1.61. The van der Waals surface area contributed by atoms with E-state index in [9.17, 15) is 9.59 Å². The van der Waals surface area contributed by atoms with Gasteiger partial charge in [-0.25, -0.2) is 9.58 Å². The second-order valence-electron chi connectivity index (χ2n) is 5.25. The van der Waals surface area contributed by atoms with Gasteiger partial charge < -0.3 is 0 Å². The van der Waals surface area contributed by atoms with Crippen molar-refractivity contribution in [2.24, 2.45) is 0 Å². The molecule has 0 N–H and O–H groups in total. The topological polar surface area (TPSA) is 68.1 Å². The minimum atomic E-state index is -0.364. The van der Waals surface area contributed by atoms with E-state index in [-0.39, 0.29) is 17.6 Å². The third kappa shape index (κ3) is 2.20. The molecule has 2 amide bonds. The summed E-state index contributed by atoms with van der Waals surface area (Å²) in [6.45, 7) is 0.525. The zero-order valence-corrected chi connectivity index (χ0v) is 12.1. The summed E-state index contributed by atoms with van der Waals surface area (Å²) in [5.41, 5.74) is 1.86. The van der Waals surface area contributed by atoms with Crippen LogP contribution in [-0.2, 0) is 6.54 Å². The number of carbonyl (C=O) groups excluding carboxylic acids is 2. The van der Waals surface area contributed by atoms with Crippen LogP contribution >= 0.6 is 0 Å². The van der Waals surface area contributed by atoms with E-state index in [1.54, 1.807) is 35.1 Å². The minimum absolute atomic E-state index is 0.243. The lowest BCUT2D eigenvalue weighted by Gasteiger charge is -2.08. The molecule has 0 fully saturated rings. The van der Waals surface area contributed by atoms with Gasteiger partial charge in [0.25, 0.3) is 11.8 Å². The number of nitrogens with zero attached hydrogens (tertiary/aromatic N) is 4. The van der Waals surface area contributed by atoms with Gasteiger partial charge in [-0.3, -0.25) is 9.59 Å². The first kappa shape index (κ1) is 13.4. The Morgan fingerprint density at radius 1 is 0.826 bits per heavy atom. The zero-order valence-electron chi connectivity index (χ0n) is 12.1. The first-order valence-corrected chi connectivity index (χ1v) is 7.16. The van der Waals surface area contributed by atoms with Gasteiger partial charge in [-0.05, 0) is 17.7 Å². The molecular formula is C17H12N4O2. The highest BCUT2D eigenvalue weighted by atomic mass is 16.2. The third-order valence-corrected chi connectivity index (χ3v) is 3.74. The molecule has 0 aliphatic carbocycles. The van der Waals surface area contributed by atoms with Crippen LogP contribution in [0.5, 0.6) is 0 Å². The van der Waals surface area contributed by atoms with Crippen LogP contribution < -0.4 is 4.90 Å². The van der Waals surface area contributed by atoms with Crippen molar-refractivity contribution in [3.8, 4) is 0 Å². The molecule has 23 heavy (non-hydrogen) atoms. The lowest BCUT2D eigenvalue weighted by molar-refractivity contribution is 0.0925. The van der Waals surface area contributed by atoms with Gasteiger partial charge >= 0.3 is 0 Å². The molecule has 1 aromatic heterocycles. The van der Waals surface area contributed by atoms with Gasteiger partial charge in [-0.1, -0.05) is 47.7 Å². The van der Waals surface area contributed by atoms with Crippen LogP contribution in [0.3, 0.4) is 0 Å². The first-order chi connectivity index (χ1) is 11.2. The van der Waals surface area contributed by atoms with Gasteiger partial charge in [0.15, 0.2) is 5.82 Å². The Morgan fingerprint density at radius 2 is 1.43 bits per heavy atom. The second kappa shape index (κ2) is 5.17. The Balaban J connectivity index is 1.63. The van der Waals surface area contributed by atoms with Crippen LogP contribution in [0.1, 0.15) is 26.3 Å². The smallest absolute Gasteiger partial charge is 0.267 e. The molecule has 112 valence electrons. The van der Waals surface area contributed by atoms with Crippen molar-refractivity contribution >= 4 is 17.6 Å². The highest BCUT2D eigenvalue weighted by Crippen LogP contribution is 2.26. The highest BCUT2D eigenvalue weighted by Gasteiger charge is 2.37. The minimum Gasteiger partial charge on any atom is -0.268 e. The standard InChI is InChI=1S/C17H12N4O2/c22-16-13-8-4-5-9-14(13)17(23)21(16)15-11-20(19-18-15)10-12-6-2-1-3-7-12/h1-9,11H,10H2. The average molecular weight is 304 g/mol. The molecule has 0 bridgehead atoms. The molecule has 4 rings (SSSR count). The summed E-state index contributed by atoms with van der Waals surface area (Å²) in [5, 5.41) is 7.98. The fourth-order valence-electron chi connectivity index (χ4n) is 2.64. The quantitative estimate of drug-likeness (QED) is 0.695. The summed E-state index contributed by atoms with van der Waals surface area (Å²) >= 11 is 0. The van der Waals surface area contributed by atoms with Crippen LogP contribution in [0.2, 0.25) is 0 Å². The van der Waals surface area contributed by atoms with Crippen molar-refractivity contribution in [3.63, 3.8) is 0 Å². The van der Waals surface area contributed by atoms with Crippen molar-refractivity contribution in [2.45, 2.75) is 6.54 Å². The number of hydrogen-bond acceptors (Lipinski definition) is 4. The molecule has 0 atom stereocenters. The largest absolute Gasteiger partial charge is 0.268 e. The van der Waals surface area contributed by atoms with Crippen molar-refractivity contribution in [2.75, 3.05) is 4.90 Å². The Bertz CT molecular complexity index is 867. The predicted octanol–water partition coefficient (Wildman–Crippen LogP) is 2.13. The number of carbonyl (C=O) groups is 2. The first-order valence-electron chi connectivity index (χ1n) is 7.16. The zero-order chi connectivity index (χ0) is 15.8. The Labute approximate surface area is 132 Å². The Morgan fingerprint density at radius 3 is 2.09 bits per heavy atom. The van der Waals surface area contributed by atoms with E-state index in [1.807, 2.05) is 30.3 Å². The van der Waals surface area contributed by atoms with E-state index in [0.717, 1.165) is 10.5 Å². The average Bonchev–Trinajstić information content (AvgIpc) is 3.12. The number of anilines is 1. The third-order valence-electron chi connectivity index (χ3n) is 3.74. The number of benzene rings is 2. The van der Waals surface area contributed by atoms with E-state index in [1.165, 1.54) is 0 Å². The van der Waals surface area contributed by atoms with Gasteiger partial charge in [0.05, 0.1) is 23.9 Å². The van der Waals surface area contributed by atoms with Crippen LogP contribution in [0.25, 0.3) is 0 Å². The summed E-state index contributed by atoms with van der Waals surface area (Å²) in [5.74, 6) is -0.484. The molecule has 1 aliphatic rings. The summed E-state index contributed by atoms with van der Waals surface area (Å²) in [6, 6.07) is 16.5. The molecule has 0 saturated heterocycles. The summed E-state index contributed by atoms with van der Waals surface area (Å²) in [4.78, 5) is 25.9.